The smallest absolute Gasteiger partial charge is 0.256 e. The van der Waals surface area contributed by atoms with Gasteiger partial charge in [0.25, 0.3) is 5.91 Å². The molecule has 20 heavy (non-hydrogen) atoms. The first kappa shape index (κ1) is 15.5. The van der Waals surface area contributed by atoms with E-state index in [1.54, 1.807) is 24.1 Å². The Morgan fingerprint density at radius 1 is 1.30 bits per heavy atom. The van der Waals surface area contributed by atoms with Crippen molar-refractivity contribution in [1.29, 1.82) is 0 Å². The normalized spacial score (nSPS) is 16.9. The molecule has 110 valence electrons. The summed E-state index contributed by atoms with van der Waals surface area (Å²) in [5, 5.41) is 0.444. The van der Waals surface area contributed by atoms with E-state index < -0.39 is 0 Å². The van der Waals surface area contributed by atoms with Gasteiger partial charge in [0.15, 0.2) is 0 Å². The van der Waals surface area contributed by atoms with Crippen molar-refractivity contribution in [3.63, 3.8) is 0 Å². The Kier molecular flexibility index (Phi) is 4.57. The van der Waals surface area contributed by atoms with Crippen LogP contribution in [0, 0.1) is 0 Å². The van der Waals surface area contributed by atoms with E-state index in [0.29, 0.717) is 12.1 Å². The summed E-state index contributed by atoms with van der Waals surface area (Å²) in [5.41, 5.74) is 0.489. The van der Waals surface area contributed by atoms with Crippen LogP contribution in [-0.4, -0.2) is 53.9 Å². The van der Waals surface area contributed by atoms with E-state index in [1.807, 2.05) is 0 Å². The minimum absolute atomic E-state index is 0.0940. The van der Waals surface area contributed by atoms with Gasteiger partial charge in [0.2, 0.25) is 0 Å². The number of aromatic nitrogens is 1. The van der Waals surface area contributed by atoms with Crippen molar-refractivity contribution < 1.29 is 4.79 Å². The Hall–Kier alpha value is -0.840. The molecular weight excluding hydrogens is 297 g/mol. The Bertz CT molecular complexity index is 515. The SMILES string of the molecule is CN(CC1(N(C)C)CCC1)C(=O)c1ccc(Cl)nc1Cl. The van der Waals surface area contributed by atoms with Crippen molar-refractivity contribution >= 4 is 29.1 Å². The quantitative estimate of drug-likeness (QED) is 0.801. The molecule has 0 bridgehead atoms. The molecule has 1 aliphatic carbocycles. The van der Waals surface area contributed by atoms with Gasteiger partial charge in [-0.3, -0.25) is 4.79 Å². The Morgan fingerprint density at radius 3 is 2.40 bits per heavy atom. The summed E-state index contributed by atoms with van der Waals surface area (Å²) in [6.07, 6.45) is 3.44. The number of hydrogen-bond donors (Lipinski definition) is 0. The average molecular weight is 316 g/mol. The van der Waals surface area contributed by atoms with E-state index in [1.165, 1.54) is 6.42 Å². The topological polar surface area (TPSA) is 36.4 Å². The summed E-state index contributed by atoms with van der Waals surface area (Å²) >= 11 is 11.8. The lowest BCUT2D eigenvalue weighted by molar-refractivity contribution is 0.0252. The van der Waals surface area contributed by atoms with Crippen LogP contribution in [0.25, 0.3) is 0 Å². The molecule has 0 spiro atoms. The van der Waals surface area contributed by atoms with Crippen molar-refractivity contribution in [2.45, 2.75) is 24.8 Å². The largest absolute Gasteiger partial charge is 0.340 e. The number of likely N-dealkylation sites (N-methyl/N-ethyl adjacent to an activating group) is 2. The van der Waals surface area contributed by atoms with Crippen molar-refractivity contribution in [3.05, 3.63) is 28.0 Å². The number of nitrogens with zero attached hydrogens (tertiary/aromatic N) is 3. The number of carbonyl (C=O) groups excluding carboxylic acids is 1. The van der Waals surface area contributed by atoms with E-state index >= 15 is 0 Å². The van der Waals surface area contributed by atoms with Crippen LogP contribution < -0.4 is 0 Å². The van der Waals surface area contributed by atoms with Gasteiger partial charge in [0.05, 0.1) is 5.56 Å². The van der Waals surface area contributed by atoms with Gasteiger partial charge in [-0.15, -0.1) is 0 Å². The van der Waals surface area contributed by atoms with Crippen molar-refractivity contribution in [2.24, 2.45) is 0 Å². The molecule has 0 atom stereocenters. The van der Waals surface area contributed by atoms with Crippen LogP contribution in [0.4, 0.5) is 0 Å². The fourth-order valence-corrected chi connectivity index (χ4v) is 3.05. The number of hydrogen-bond acceptors (Lipinski definition) is 3. The van der Waals surface area contributed by atoms with Crippen molar-refractivity contribution in [1.82, 2.24) is 14.8 Å². The van der Waals surface area contributed by atoms with Crippen LogP contribution in [0.3, 0.4) is 0 Å². The van der Waals surface area contributed by atoms with E-state index in [9.17, 15) is 4.79 Å². The second kappa shape index (κ2) is 5.88. The summed E-state index contributed by atoms with van der Waals surface area (Å²) in [6.45, 7) is 0.692. The molecule has 1 aromatic heterocycles. The lowest BCUT2D eigenvalue weighted by atomic mass is 9.75. The molecule has 0 N–H and O–H groups in total. The predicted octanol–water partition coefficient (Wildman–Crippen LogP) is 2.94. The van der Waals surface area contributed by atoms with Gasteiger partial charge in [0, 0.05) is 19.1 Å². The molecule has 0 aliphatic heterocycles. The molecular formula is C14H19Cl2N3O. The third-order valence-corrected chi connectivity index (χ3v) is 4.65. The average Bonchev–Trinajstić information content (AvgIpc) is 2.32. The number of amides is 1. The predicted molar refractivity (Wildman–Crippen MR) is 81.5 cm³/mol. The van der Waals surface area contributed by atoms with Gasteiger partial charge >= 0.3 is 0 Å². The Morgan fingerprint density at radius 2 is 1.95 bits per heavy atom. The second-order valence-corrected chi connectivity index (χ2v) is 6.35. The van der Waals surface area contributed by atoms with Crippen LogP contribution in [-0.2, 0) is 0 Å². The van der Waals surface area contributed by atoms with Crippen molar-refractivity contribution in [2.75, 3.05) is 27.7 Å². The minimum Gasteiger partial charge on any atom is -0.340 e. The third-order valence-electron chi connectivity index (χ3n) is 4.16. The number of halogens is 2. The van der Waals surface area contributed by atoms with Crippen LogP contribution in [0.15, 0.2) is 12.1 Å². The maximum absolute atomic E-state index is 12.5. The van der Waals surface area contributed by atoms with Gasteiger partial charge in [-0.2, -0.15) is 0 Å². The first-order valence-electron chi connectivity index (χ1n) is 6.61. The molecule has 1 heterocycles. The summed E-state index contributed by atoms with van der Waals surface area (Å²) < 4.78 is 0. The van der Waals surface area contributed by atoms with E-state index in [0.717, 1.165) is 12.8 Å². The molecule has 1 aromatic rings. The maximum Gasteiger partial charge on any atom is 0.256 e. The minimum atomic E-state index is -0.118. The zero-order valence-electron chi connectivity index (χ0n) is 12.0. The molecule has 2 rings (SSSR count). The van der Waals surface area contributed by atoms with E-state index in [4.69, 9.17) is 23.2 Å². The standard InChI is InChI=1S/C14H19Cl2N3O/c1-18(2)14(7-4-8-14)9-19(3)13(20)10-5-6-11(15)17-12(10)16/h5-6H,4,7-9H2,1-3H3. The monoisotopic (exact) mass is 315 g/mol. The first-order valence-corrected chi connectivity index (χ1v) is 7.36. The van der Waals surface area contributed by atoms with Gasteiger partial charge in [-0.1, -0.05) is 23.2 Å². The first-order chi connectivity index (χ1) is 9.35. The zero-order valence-corrected chi connectivity index (χ0v) is 13.5. The highest BCUT2D eigenvalue weighted by molar-refractivity contribution is 6.34. The lowest BCUT2D eigenvalue weighted by Crippen LogP contribution is -2.57. The third kappa shape index (κ3) is 2.92. The molecule has 6 heteroatoms. The molecule has 0 unspecified atom stereocenters. The molecule has 0 saturated heterocycles. The lowest BCUT2D eigenvalue weighted by Gasteiger charge is -2.49. The molecule has 1 fully saturated rings. The van der Waals surface area contributed by atoms with Crippen LogP contribution in [0.2, 0.25) is 10.3 Å². The Balaban J connectivity index is 2.12. The number of rotatable bonds is 4. The molecule has 0 aromatic carbocycles. The van der Waals surface area contributed by atoms with E-state index in [-0.39, 0.29) is 21.8 Å². The second-order valence-electron chi connectivity index (χ2n) is 5.61. The fraction of sp³-hybridized carbons (Fsp3) is 0.571. The fourth-order valence-electron chi connectivity index (χ4n) is 2.62. The van der Waals surface area contributed by atoms with Crippen LogP contribution in [0.5, 0.6) is 0 Å². The molecule has 4 nitrogen and oxygen atoms in total. The Labute approximate surface area is 129 Å². The number of carbonyl (C=O) groups is 1. The number of pyridine rings is 1. The van der Waals surface area contributed by atoms with Crippen molar-refractivity contribution in [3.8, 4) is 0 Å². The highest BCUT2D eigenvalue weighted by Gasteiger charge is 2.40. The highest BCUT2D eigenvalue weighted by Crippen LogP contribution is 2.37. The van der Waals surface area contributed by atoms with Gasteiger partial charge in [0.1, 0.15) is 10.3 Å². The van der Waals surface area contributed by atoms with Crippen LogP contribution in [0.1, 0.15) is 29.6 Å². The van der Waals surface area contributed by atoms with Gasteiger partial charge in [-0.05, 0) is 45.5 Å². The summed E-state index contributed by atoms with van der Waals surface area (Å²) in [7, 11) is 5.93. The molecule has 0 radical (unpaired) electrons. The summed E-state index contributed by atoms with van der Waals surface area (Å²) in [4.78, 5) is 20.3. The molecule has 1 saturated carbocycles. The summed E-state index contributed by atoms with van der Waals surface area (Å²) in [6, 6.07) is 3.21. The van der Waals surface area contributed by atoms with Gasteiger partial charge in [-0.25, -0.2) is 4.98 Å². The summed E-state index contributed by atoms with van der Waals surface area (Å²) in [5.74, 6) is -0.118. The zero-order chi connectivity index (χ0) is 14.9. The molecule has 1 aliphatic rings. The van der Waals surface area contributed by atoms with E-state index in [2.05, 4.69) is 24.0 Å². The van der Waals surface area contributed by atoms with Crippen LogP contribution >= 0.6 is 23.2 Å². The molecule has 1 amide bonds. The van der Waals surface area contributed by atoms with Gasteiger partial charge < -0.3 is 9.80 Å². The highest BCUT2D eigenvalue weighted by atomic mass is 35.5. The maximum atomic E-state index is 12.5.